The fourth-order valence-electron chi connectivity index (χ4n) is 1.96. The van der Waals surface area contributed by atoms with Crippen molar-refractivity contribution in [1.29, 1.82) is 0 Å². The largest absolute Gasteiger partial charge is 0.490 e. The van der Waals surface area contributed by atoms with E-state index in [1.807, 2.05) is 12.1 Å². The molecule has 0 fully saturated rings. The highest BCUT2D eigenvalue weighted by atomic mass is 16.7. The van der Waals surface area contributed by atoms with Crippen LogP contribution in [0.15, 0.2) is 24.8 Å². The van der Waals surface area contributed by atoms with Crippen molar-refractivity contribution >= 4 is 0 Å². The van der Waals surface area contributed by atoms with Gasteiger partial charge in [0.1, 0.15) is 12.4 Å². The zero-order valence-electron chi connectivity index (χ0n) is 11.4. The molecule has 0 unspecified atom stereocenters. The molecule has 0 saturated heterocycles. The average Bonchev–Trinajstić information content (AvgIpc) is 2.82. The molecule has 0 spiro atoms. The second-order valence-electron chi connectivity index (χ2n) is 4.89. The maximum Gasteiger partial charge on any atom is 0.231 e. The van der Waals surface area contributed by atoms with Crippen molar-refractivity contribution in [3.63, 3.8) is 0 Å². The molecule has 19 heavy (non-hydrogen) atoms. The van der Waals surface area contributed by atoms with E-state index in [2.05, 4.69) is 20.4 Å². The molecule has 1 aromatic carbocycles. The molecule has 0 amide bonds. The van der Waals surface area contributed by atoms with Crippen LogP contribution >= 0.6 is 0 Å². The Hall–Kier alpha value is -1.68. The molecular weight excluding hydrogens is 244 g/mol. The van der Waals surface area contributed by atoms with E-state index in [4.69, 9.17) is 14.2 Å². The lowest BCUT2D eigenvalue weighted by atomic mass is 10.0. The molecular formula is C15H20O4. The molecule has 4 nitrogen and oxygen atoms in total. The molecule has 1 N–H and O–H groups in total. The number of hydrogen-bond acceptors (Lipinski definition) is 4. The van der Waals surface area contributed by atoms with Crippen LogP contribution in [-0.2, 0) is 0 Å². The first-order valence-electron chi connectivity index (χ1n) is 6.47. The Morgan fingerprint density at radius 3 is 2.68 bits per heavy atom. The highest BCUT2D eigenvalue weighted by Crippen LogP contribution is 2.40. The fraction of sp³-hybridized carbons (Fsp3) is 0.467. The van der Waals surface area contributed by atoms with E-state index in [1.165, 1.54) is 0 Å². The van der Waals surface area contributed by atoms with Crippen LogP contribution in [0.25, 0.3) is 0 Å². The molecule has 104 valence electrons. The van der Waals surface area contributed by atoms with Gasteiger partial charge in [0.2, 0.25) is 6.79 Å². The van der Waals surface area contributed by atoms with Crippen molar-refractivity contribution in [3.8, 4) is 17.2 Å². The summed E-state index contributed by atoms with van der Waals surface area (Å²) in [4.78, 5) is 0. The summed E-state index contributed by atoms with van der Waals surface area (Å²) < 4.78 is 16.4. The molecule has 0 aromatic heterocycles. The van der Waals surface area contributed by atoms with Crippen molar-refractivity contribution in [3.05, 3.63) is 30.4 Å². The Morgan fingerprint density at radius 1 is 1.37 bits per heavy atom. The van der Waals surface area contributed by atoms with Crippen LogP contribution in [0.4, 0.5) is 0 Å². The zero-order chi connectivity index (χ0) is 13.8. The molecule has 1 aromatic rings. The monoisotopic (exact) mass is 264 g/mol. The van der Waals surface area contributed by atoms with Crippen molar-refractivity contribution in [2.45, 2.75) is 32.3 Å². The van der Waals surface area contributed by atoms with Crippen LogP contribution in [0.2, 0.25) is 0 Å². The summed E-state index contributed by atoms with van der Waals surface area (Å²) in [7, 11) is 0. The Morgan fingerprint density at radius 2 is 2.05 bits per heavy atom. The van der Waals surface area contributed by atoms with Crippen LogP contribution in [0.5, 0.6) is 17.2 Å². The van der Waals surface area contributed by atoms with Gasteiger partial charge in [0.05, 0.1) is 6.10 Å². The molecule has 0 aliphatic carbocycles. The van der Waals surface area contributed by atoms with Gasteiger partial charge in [-0.1, -0.05) is 19.9 Å². The number of fused-ring (bicyclic) bond motifs is 1. The first-order chi connectivity index (χ1) is 9.11. The molecule has 1 atom stereocenters. The third kappa shape index (κ3) is 3.20. The SMILES string of the molecule is C=CC[C@@H](O)COc1cc2c(cc1C(C)C)OCO2. The fourth-order valence-corrected chi connectivity index (χ4v) is 1.96. The predicted octanol–water partition coefficient (Wildman–Crippen LogP) is 2.85. The Labute approximate surface area is 113 Å². The summed E-state index contributed by atoms with van der Waals surface area (Å²) in [6.45, 7) is 8.26. The van der Waals surface area contributed by atoms with E-state index >= 15 is 0 Å². The first kappa shape index (κ1) is 13.7. The zero-order valence-corrected chi connectivity index (χ0v) is 11.4. The van der Waals surface area contributed by atoms with Gasteiger partial charge >= 0.3 is 0 Å². The smallest absolute Gasteiger partial charge is 0.231 e. The first-order valence-corrected chi connectivity index (χ1v) is 6.47. The molecule has 0 bridgehead atoms. The van der Waals surface area contributed by atoms with Crippen molar-refractivity contribution in [2.75, 3.05) is 13.4 Å². The number of benzene rings is 1. The van der Waals surface area contributed by atoms with Gasteiger partial charge in [-0.05, 0) is 18.4 Å². The van der Waals surface area contributed by atoms with Crippen molar-refractivity contribution in [1.82, 2.24) is 0 Å². The number of ether oxygens (including phenoxy) is 3. The molecule has 2 rings (SSSR count). The van der Waals surface area contributed by atoms with Gasteiger partial charge in [-0.3, -0.25) is 0 Å². The minimum Gasteiger partial charge on any atom is -0.490 e. The van der Waals surface area contributed by atoms with Gasteiger partial charge in [-0.15, -0.1) is 6.58 Å². The van der Waals surface area contributed by atoms with Crippen LogP contribution in [-0.4, -0.2) is 24.6 Å². The summed E-state index contributed by atoms with van der Waals surface area (Å²) in [5, 5.41) is 9.68. The van der Waals surface area contributed by atoms with Gasteiger partial charge in [-0.2, -0.15) is 0 Å². The van der Waals surface area contributed by atoms with Crippen LogP contribution in [0, 0.1) is 0 Å². The van der Waals surface area contributed by atoms with Crippen LogP contribution in [0.3, 0.4) is 0 Å². The quantitative estimate of drug-likeness (QED) is 0.803. The highest BCUT2D eigenvalue weighted by molar-refractivity contribution is 5.52. The van der Waals surface area contributed by atoms with Gasteiger partial charge in [0.25, 0.3) is 0 Å². The Bertz CT molecular complexity index is 454. The topological polar surface area (TPSA) is 47.9 Å². The number of rotatable bonds is 6. The lowest BCUT2D eigenvalue weighted by Crippen LogP contribution is -2.17. The summed E-state index contributed by atoms with van der Waals surface area (Å²) in [6.07, 6.45) is 1.65. The highest BCUT2D eigenvalue weighted by Gasteiger charge is 2.20. The van der Waals surface area contributed by atoms with Gasteiger partial charge in [0, 0.05) is 11.6 Å². The van der Waals surface area contributed by atoms with E-state index in [0.717, 1.165) is 17.1 Å². The number of hydrogen-bond donors (Lipinski definition) is 1. The molecule has 1 aliphatic heterocycles. The summed E-state index contributed by atoms with van der Waals surface area (Å²) in [6, 6.07) is 3.78. The van der Waals surface area contributed by atoms with E-state index in [0.29, 0.717) is 18.1 Å². The minimum atomic E-state index is -0.539. The predicted molar refractivity (Wildman–Crippen MR) is 73.0 cm³/mol. The average molecular weight is 264 g/mol. The van der Waals surface area contributed by atoms with Crippen LogP contribution < -0.4 is 14.2 Å². The maximum atomic E-state index is 9.68. The standard InChI is InChI=1S/C15H20O4/c1-4-5-11(16)8-17-13-7-15-14(18-9-19-15)6-12(13)10(2)3/h4,6-7,10-11,16H,1,5,8-9H2,2-3H3/t11-/m1/s1. The lowest BCUT2D eigenvalue weighted by Gasteiger charge is -2.16. The lowest BCUT2D eigenvalue weighted by molar-refractivity contribution is 0.109. The number of aliphatic hydroxyl groups excluding tert-OH is 1. The Kier molecular flexibility index (Phi) is 4.32. The van der Waals surface area contributed by atoms with Crippen LogP contribution in [0.1, 0.15) is 31.7 Å². The summed E-state index contributed by atoms with van der Waals surface area (Å²) >= 11 is 0. The molecule has 0 radical (unpaired) electrons. The maximum absolute atomic E-state index is 9.68. The molecule has 1 heterocycles. The van der Waals surface area contributed by atoms with E-state index < -0.39 is 6.10 Å². The summed E-state index contributed by atoms with van der Waals surface area (Å²) in [5.41, 5.74) is 1.05. The third-order valence-electron chi connectivity index (χ3n) is 3.00. The second-order valence-corrected chi connectivity index (χ2v) is 4.89. The van der Waals surface area contributed by atoms with E-state index in [1.54, 1.807) is 6.08 Å². The normalized spacial score (nSPS) is 14.5. The van der Waals surface area contributed by atoms with Gasteiger partial charge in [0.15, 0.2) is 11.5 Å². The van der Waals surface area contributed by atoms with Crippen molar-refractivity contribution < 1.29 is 19.3 Å². The summed E-state index contributed by atoms with van der Waals surface area (Å²) in [5.74, 6) is 2.49. The molecule has 4 heteroatoms. The minimum absolute atomic E-state index is 0.241. The number of aliphatic hydroxyl groups is 1. The van der Waals surface area contributed by atoms with Crippen molar-refractivity contribution in [2.24, 2.45) is 0 Å². The Balaban J connectivity index is 2.16. The third-order valence-corrected chi connectivity index (χ3v) is 3.00. The molecule has 0 saturated carbocycles. The second kappa shape index (κ2) is 5.97. The van der Waals surface area contributed by atoms with Gasteiger partial charge in [-0.25, -0.2) is 0 Å². The van der Waals surface area contributed by atoms with Gasteiger partial charge < -0.3 is 19.3 Å². The molecule has 1 aliphatic rings. The van der Waals surface area contributed by atoms with E-state index in [-0.39, 0.29) is 13.4 Å². The van der Waals surface area contributed by atoms with E-state index in [9.17, 15) is 5.11 Å².